The fourth-order valence-electron chi connectivity index (χ4n) is 0.970. The van der Waals surface area contributed by atoms with E-state index in [2.05, 4.69) is 9.69 Å². The second-order valence-corrected chi connectivity index (χ2v) is 3.95. The van der Waals surface area contributed by atoms with Crippen molar-refractivity contribution in [2.24, 2.45) is 0 Å². The third-order valence-electron chi connectivity index (χ3n) is 1.77. The largest absolute Gasteiger partial charge is 0.214 e. The van der Waals surface area contributed by atoms with Crippen molar-refractivity contribution in [2.75, 3.05) is 0 Å². The summed E-state index contributed by atoms with van der Waals surface area (Å²) >= 11 is 1.82. The van der Waals surface area contributed by atoms with E-state index in [1.165, 1.54) is 0 Å². The van der Waals surface area contributed by atoms with Gasteiger partial charge in [0.05, 0.1) is 0 Å². The van der Waals surface area contributed by atoms with Crippen molar-refractivity contribution in [3.05, 3.63) is 60.2 Å². The van der Waals surface area contributed by atoms with Crippen molar-refractivity contribution in [3.8, 4) is 0 Å². The van der Waals surface area contributed by atoms with E-state index >= 15 is 0 Å². The summed E-state index contributed by atoms with van der Waals surface area (Å²) in [7, 11) is 2.48. The Labute approximate surface area is 118 Å². The number of rotatable bonds is 1. The molecule has 0 saturated heterocycles. The Balaban J connectivity index is 0.000000306. The molecule has 0 unspecified atom stereocenters. The monoisotopic (exact) mass is 357 g/mol. The maximum Gasteiger partial charge on any atom is -0.172 e. The minimum absolute atomic E-state index is 0.339. The molecule has 2 aromatic carbocycles. The standard InChI is InChI=1S/C7H7O2S.C5H5.ClH.Ru/c1-6-2-4-7(5-3-6)10(8)9;1-2-4-5-3-1;;/h2-5H,1H3;1-5H;1H;/q2*-1;;+3/p-1. The topological polar surface area (TPSA) is 34.1 Å². The van der Waals surface area contributed by atoms with E-state index in [1.54, 1.807) is 24.3 Å². The summed E-state index contributed by atoms with van der Waals surface area (Å²) in [5.41, 5.74) is 1.06. The van der Waals surface area contributed by atoms with Gasteiger partial charge in [0, 0.05) is 0 Å². The third-order valence-corrected chi connectivity index (χ3v) is 2.43. The van der Waals surface area contributed by atoms with Crippen LogP contribution >= 0.6 is 9.69 Å². The number of benzene rings is 1. The first kappa shape index (κ1) is 16.4. The van der Waals surface area contributed by atoms with Crippen molar-refractivity contribution < 1.29 is 25.7 Å². The Hall–Kier alpha value is -0.567. The zero-order chi connectivity index (χ0) is 13.1. The molecule has 2 nitrogen and oxygen atoms in total. The molecule has 2 rings (SSSR count). The molecule has 5 heteroatoms. The Bertz CT molecular complexity index is 425. The molecule has 0 radical (unpaired) electrons. The van der Waals surface area contributed by atoms with Crippen molar-refractivity contribution in [1.82, 2.24) is 0 Å². The number of aryl methyl sites for hydroxylation is 1. The van der Waals surface area contributed by atoms with Crippen LogP contribution in [-0.2, 0) is 36.4 Å². The molecular formula is C12H12ClO2RuS. The quantitative estimate of drug-likeness (QED) is 0.443. The molecule has 0 aliphatic carbocycles. The molecule has 93 valence electrons. The summed E-state index contributed by atoms with van der Waals surface area (Å²) in [6.07, 6.45) is 0. The fraction of sp³-hybridized carbons (Fsp3) is 0.0833. The first-order chi connectivity index (χ1) is 8.20. The van der Waals surface area contributed by atoms with Gasteiger partial charge in [-0.25, -0.2) is 12.1 Å². The van der Waals surface area contributed by atoms with Crippen molar-refractivity contribution in [3.63, 3.8) is 0 Å². The molecule has 0 amide bonds. The van der Waals surface area contributed by atoms with Crippen LogP contribution in [0.3, 0.4) is 0 Å². The zero-order valence-electron chi connectivity index (χ0n) is 9.15. The van der Waals surface area contributed by atoms with Crippen molar-refractivity contribution >= 4 is 20.4 Å². The molecule has 0 N–H and O–H groups in total. The first-order valence-corrected chi connectivity index (χ1v) is 7.97. The Morgan fingerprint density at radius 1 is 1.06 bits per heavy atom. The van der Waals surface area contributed by atoms with Crippen molar-refractivity contribution in [1.29, 1.82) is 0 Å². The van der Waals surface area contributed by atoms with Gasteiger partial charge >= 0.3 is 27.0 Å². The average molecular weight is 357 g/mol. The Kier molecular flexibility index (Phi) is 10.2. The molecule has 0 fully saturated rings. The summed E-state index contributed by atoms with van der Waals surface area (Å²) < 4.78 is 20.6. The summed E-state index contributed by atoms with van der Waals surface area (Å²) in [4.78, 5) is 0.339. The summed E-state index contributed by atoms with van der Waals surface area (Å²) in [5, 5.41) is 0. The van der Waals surface area contributed by atoms with Crippen LogP contribution in [-0.4, -0.2) is 0 Å². The minimum Gasteiger partial charge on any atom is -0.214 e. The van der Waals surface area contributed by atoms with Crippen LogP contribution in [0.15, 0.2) is 59.5 Å². The summed E-state index contributed by atoms with van der Waals surface area (Å²) in [6, 6.07) is 16.7. The van der Waals surface area contributed by atoms with Gasteiger partial charge in [-0.3, -0.25) is 0 Å². The normalized spacial score (nSPS) is 8.65. The second-order valence-electron chi connectivity index (χ2n) is 3.01. The van der Waals surface area contributed by atoms with Crippen LogP contribution in [0, 0.1) is 6.92 Å². The molecule has 2 aromatic rings. The molecule has 0 atom stereocenters. The van der Waals surface area contributed by atoms with Crippen LogP contribution in [0.5, 0.6) is 0 Å². The molecule has 0 heterocycles. The molecular weight excluding hydrogens is 345 g/mol. The fourth-order valence-corrected chi connectivity index (χ4v) is 1.33. The maximum absolute atomic E-state index is 10.3. The van der Waals surface area contributed by atoms with E-state index in [1.807, 2.05) is 54.6 Å². The van der Waals surface area contributed by atoms with E-state index in [-0.39, 0.29) is 0 Å². The van der Waals surface area contributed by atoms with E-state index in [0.717, 1.165) is 5.56 Å². The van der Waals surface area contributed by atoms with E-state index in [4.69, 9.17) is 0 Å². The van der Waals surface area contributed by atoms with E-state index in [0.29, 0.717) is 4.90 Å². The van der Waals surface area contributed by atoms with Gasteiger partial charge in [0.15, 0.2) is 0 Å². The van der Waals surface area contributed by atoms with Crippen LogP contribution in [0.4, 0.5) is 0 Å². The maximum atomic E-state index is 10.3. The van der Waals surface area contributed by atoms with Crippen LogP contribution in [0.25, 0.3) is 0 Å². The number of halogens is 1. The second kappa shape index (κ2) is 10.6. The molecule has 0 aromatic heterocycles. The SMILES string of the molecule is Cc1ccc([S-](=O)=O)cc1.[Cl][Ru+2].c1cc[cH-]c1. The van der Waals surface area contributed by atoms with Gasteiger partial charge < -0.3 is 8.42 Å². The van der Waals surface area contributed by atoms with E-state index in [9.17, 15) is 8.42 Å². The first-order valence-electron chi connectivity index (χ1n) is 4.66. The van der Waals surface area contributed by atoms with Crippen LogP contribution in [0.1, 0.15) is 5.56 Å². The van der Waals surface area contributed by atoms with Gasteiger partial charge in [-0.15, -0.1) is 0 Å². The summed E-state index contributed by atoms with van der Waals surface area (Å²) in [5.74, 6) is 0. The molecule has 0 spiro atoms. The Morgan fingerprint density at radius 2 is 1.53 bits per heavy atom. The van der Waals surface area contributed by atoms with Gasteiger partial charge in [0.25, 0.3) is 0 Å². The molecule has 0 aliphatic heterocycles. The minimum atomic E-state index is -2.09. The van der Waals surface area contributed by atoms with Crippen molar-refractivity contribution in [2.45, 2.75) is 11.8 Å². The van der Waals surface area contributed by atoms with Gasteiger partial charge in [-0.05, 0) is 17.6 Å². The number of hydrogen-bond donors (Lipinski definition) is 0. The Morgan fingerprint density at radius 3 is 1.82 bits per heavy atom. The van der Waals surface area contributed by atoms with Crippen LogP contribution < -0.4 is 0 Å². The molecule has 0 saturated carbocycles. The van der Waals surface area contributed by atoms with Crippen LogP contribution in [0.2, 0.25) is 0 Å². The van der Waals surface area contributed by atoms with E-state index < -0.39 is 10.7 Å². The predicted molar refractivity (Wildman–Crippen MR) is 66.1 cm³/mol. The van der Waals surface area contributed by atoms with Gasteiger partial charge in [-0.2, -0.15) is 18.2 Å². The molecule has 0 aliphatic rings. The smallest absolute Gasteiger partial charge is 0.172 e. The molecule has 17 heavy (non-hydrogen) atoms. The number of hydrogen-bond acceptors (Lipinski definition) is 3. The average Bonchev–Trinajstić information content (AvgIpc) is 2.91. The predicted octanol–water partition coefficient (Wildman–Crippen LogP) is 3.76. The van der Waals surface area contributed by atoms with Gasteiger partial charge in [0.1, 0.15) is 0 Å². The van der Waals surface area contributed by atoms with Gasteiger partial charge in [-0.1, -0.05) is 34.7 Å². The van der Waals surface area contributed by atoms with Gasteiger partial charge in [0.2, 0.25) is 0 Å². The summed E-state index contributed by atoms with van der Waals surface area (Å²) in [6.45, 7) is 1.91. The zero-order valence-corrected chi connectivity index (χ0v) is 12.5. The molecule has 0 bridgehead atoms. The third kappa shape index (κ3) is 8.20.